The van der Waals surface area contributed by atoms with Crippen LogP contribution < -0.4 is 9.80 Å². The molecule has 0 atom stereocenters. The van der Waals surface area contributed by atoms with E-state index in [9.17, 15) is 0 Å². The molecular weight excluding hydrogens is 931 g/mol. The number of halogens is 2. The third kappa shape index (κ3) is 8.17. The van der Waals surface area contributed by atoms with Gasteiger partial charge in [-0.1, -0.05) is 158 Å². The zero-order chi connectivity index (χ0) is 52.5. The van der Waals surface area contributed by atoms with E-state index in [1.54, 1.807) is 12.1 Å². The Morgan fingerprint density at radius 1 is 0.276 bits per heavy atom. The lowest BCUT2D eigenvalue weighted by atomic mass is 9.89. The highest BCUT2D eigenvalue weighted by Crippen LogP contribution is 2.53. The Morgan fingerprint density at radius 2 is 0.618 bits per heavy atom. The Labute approximate surface area is 445 Å². The van der Waals surface area contributed by atoms with E-state index < -0.39 is 0 Å². The summed E-state index contributed by atoms with van der Waals surface area (Å²) in [6.45, 7) is 16.8. The van der Waals surface area contributed by atoms with Crippen LogP contribution in [0.2, 0.25) is 0 Å². The standard InChI is InChI=1S/C72H58F2N2/c1-43-25-27-49(7)67(37-43)75(71-61(57-23-15-11-19-47(57)5)39-53(41-63(71)73)55-21-13-9-17-45(55)3)65-35-31-51-30-34-60-66(36-32-52-29-33-59(65)69(51)70(52)60)76(68-38-44(2)26-28-50(68)8)72-62(58-24-16-12-20-48(58)6)40-54(42-64(72)74)56-22-14-10-18-46(56)4/h9-42H,1-8H3. The molecule has 0 aromatic heterocycles. The quantitative estimate of drug-likeness (QED) is 0.126. The molecule has 0 heterocycles. The summed E-state index contributed by atoms with van der Waals surface area (Å²) in [6, 6.07) is 71.0. The Morgan fingerprint density at radius 3 is 0.987 bits per heavy atom. The predicted octanol–water partition coefficient (Wildman–Crippen LogP) is 20.9. The van der Waals surface area contributed by atoms with E-state index in [1.165, 1.54) is 0 Å². The van der Waals surface area contributed by atoms with E-state index in [1.807, 2.05) is 48.5 Å². The number of anilines is 6. The van der Waals surface area contributed by atoms with Crippen LogP contribution in [0.4, 0.5) is 42.9 Å². The fourth-order valence-corrected chi connectivity index (χ4v) is 11.7. The molecule has 0 saturated heterocycles. The zero-order valence-corrected chi connectivity index (χ0v) is 44.3. The van der Waals surface area contributed by atoms with Crippen LogP contribution in [0.3, 0.4) is 0 Å². The van der Waals surface area contributed by atoms with E-state index in [0.717, 1.165) is 144 Å². The van der Waals surface area contributed by atoms with Crippen LogP contribution in [-0.4, -0.2) is 0 Å². The average molecular weight is 989 g/mol. The molecule has 12 rings (SSSR count). The van der Waals surface area contributed by atoms with Crippen LogP contribution in [-0.2, 0) is 0 Å². The lowest BCUT2D eigenvalue weighted by Crippen LogP contribution is -2.16. The normalized spacial score (nSPS) is 11.6. The molecule has 12 aromatic rings. The first-order valence-electron chi connectivity index (χ1n) is 26.2. The highest BCUT2D eigenvalue weighted by molar-refractivity contribution is 6.28. The van der Waals surface area contributed by atoms with Gasteiger partial charge in [0, 0.05) is 33.3 Å². The summed E-state index contributed by atoms with van der Waals surface area (Å²) in [7, 11) is 0. The SMILES string of the molecule is Cc1ccc(C)c(N(c2c(F)cc(-c3ccccc3C)cc2-c2ccccc2C)c2ccc3ccc4c(N(c5cc(C)ccc5C)c5c(F)cc(-c6ccccc6C)cc5-c5ccccc5C)ccc5ccc2c3c54)c1. The molecule has 0 aliphatic heterocycles. The van der Waals surface area contributed by atoms with Gasteiger partial charge in [-0.2, -0.15) is 0 Å². The van der Waals surface area contributed by atoms with Gasteiger partial charge in [0.25, 0.3) is 0 Å². The maximum Gasteiger partial charge on any atom is 0.148 e. The van der Waals surface area contributed by atoms with Gasteiger partial charge in [0.05, 0.1) is 22.7 Å². The summed E-state index contributed by atoms with van der Waals surface area (Å²) >= 11 is 0. The minimum atomic E-state index is -0.322. The maximum absolute atomic E-state index is 18.2. The van der Waals surface area contributed by atoms with Crippen LogP contribution in [0.1, 0.15) is 44.5 Å². The molecular formula is C72H58F2N2. The van der Waals surface area contributed by atoms with Gasteiger partial charge in [0.15, 0.2) is 0 Å². The fraction of sp³-hybridized carbons (Fsp3) is 0.111. The molecule has 0 amide bonds. The lowest BCUT2D eigenvalue weighted by Gasteiger charge is -2.33. The minimum Gasteiger partial charge on any atom is -0.306 e. The molecule has 0 unspecified atom stereocenters. The molecule has 12 aromatic carbocycles. The monoisotopic (exact) mass is 988 g/mol. The van der Waals surface area contributed by atoms with E-state index in [4.69, 9.17) is 0 Å². The molecule has 0 radical (unpaired) electrons. The van der Waals surface area contributed by atoms with Crippen molar-refractivity contribution in [3.8, 4) is 44.5 Å². The molecule has 370 valence electrons. The predicted molar refractivity (Wildman–Crippen MR) is 319 cm³/mol. The van der Waals surface area contributed by atoms with Crippen LogP contribution in [0.5, 0.6) is 0 Å². The van der Waals surface area contributed by atoms with Crippen molar-refractivity contribution in [2.24, 2.45) is 0 Å². The van der Waals surface area contributed by atoms with Crippen molar-refractivity contribution in [2.45, 2.75) is 55.4 Å². The number of hydrogen-bond acceptors (Lipinski definition) is 2. The van der Waals surface area contributed by atoms with Crippen molar-refractivity contribution in [1.29, 1.82) is 0 Å². The molecule has 0 fully saturated rings. The maximum atomic E-state index is 18.2. The minimum absolute atomic E-state index is 0.322. The van der Waals surface area contributed by atoms with E-state index >= 15 is 8.78 Å². The Hall–Kier alpha value is -8.86. The number of benzene rings is 12. The van der Waals surface area contributed by atoms with Gasteiger partial charge in [-0.3, -0.25) is 0 Å². The summed E-state index contributed by atoms with van der Waals surface area (Å²) in [4.78, 5) is 4.33. The molecule has 0 N–H and O–H groups in total. The topological polar surface area (TPSA) is 6.48 Å². The zero-order valence-electron chi connectivity index (χ0n) is 44.3. The second-order valence-electron chi connectivity index (χ2n) is 20.8. The van der Waals surface area contributed by atoms with E-state index in [0.29, 0.717) is 11.4 Å². The van der Waals surface area contributed by atoms with Crippen molar-refractivity contribution >= 4 is 66.4 Å². The first kappa shape index (κ1) is 48.1. The van der Waals surface area contributed by atoms with Gasteiger partial charge >= 0.3 is 0 Å². The smallest absolute Gasteiger partial charge is 0.148 e. The molecule has 76 heavy (non-hydrogen) atoms. The van der Waals surface area contributed by atoms with Crippen LogP contribution in [0, 0.1) is 67.0 Å². The van der Waals surface area contributed by atoms with E-state index in [-0.39, 0.29) is 11.6 Å². The summed E-state index contributed by atoms with van der Waals surface area (Å²) in [5.74, 6) is -0.644. The third-order valence-corrected chi connectivity index (χ3v) is 15.7. The summed E-state index contributed by atoms with van der Waals surface area (Å²) in [6.07, 6.45) is 0. The van der Waals surface area contributed by atoms with Crippen LogP contribution >= 0.6 is 0 Å². The first-order chi connectivity index (χ1) is 36.8. The lowest BCUT2D eigenvalue weighted by molar-refractivity contribution is 0.629. The van der Waals surface area contributed by atoms with Gasteiger partial charge in [-0.25, -0.2) is 8.78 Å². The van der Waals surface area contributed by atoms with Gasteiger partial charge < -0.3 is 9.80 Å². The van der Waals surface area contributed by atoms with Crippen molar-refractivity contribution in [1.82, 2.24) is 0 Å². The second kappa shape index (κ2) is 19.1. The second-order valence-corrected chi connectivity index (χ2v) is 20.8. The number of nitrogens with zero attached hydrogens (tertiary/aromatic N) is 2. The van der Waals surface area contributed by atoms with Gasteiger partial charge in [-0.05, 0) is 203 Å². The molecule has 2 nitrogen and oxygen atoms in total. The van der Waals surface area contributed by atoms with Crippen molar-refractivity contribution in [2.75, 3.05) is 9.80 Å². The average Bonchev–Trinajstić information content (AvgIpc) is 3.60. The van der Waals surface area contributed by atoms with E-state index in [2.05, 4.69) is 211 Å². The largest absolute Gasteiger partial charge is 0.306 e. The Kier molecular flexibility index (Phi) is 12.1. The first-order valence-corrected chi connectivity index (χ1v) is 26.2. The Balaban J connectivity index is 1.16. The molecule has 0 aliphatic carbocycles. The van der Waals surface area contributed by atoms with Crippen molar-refractivity contribution < 1.29 is 8.78 Å². The van der Waals surface area contributed by atoms with Crippen LogP contribution in [0.25, 0.3) is 76.8 Å². The van der Waals surface area contributed by atoms with Gasteiger partial charge in [-0.15, -0.1) is 0 Å². The number of hydrogen-bond donors (Lipinski definition) is 0. The Bertz CT molecular complexity index is 3990. The molecule has 4 heteroatoms. The van der Waals surface area contributed by atoms with Crippen LogP contribution in [0.15, 0.2) is 206 Å². The van der Waals surface area contributed by atoms with Gasteiger partial charge in [0.1, 0.15) is 11.6 Å². The highest BCUT2D eigenvalue weighted by Gasteiger charge is 2.30. The van der Waals surface area contributed by atoms with Crippen molar-refractivity contribution in [3.05, 3.63) is 262 Å². The molecule has 0 aliphatic rings. The molecule has 0 saturated carbocycles. The number of aryl methyl sites for hydroxylation is 8. The highest BCUT2D eigenvalue weighted by atomic mass is 19.1. The number of rotatable bonds is 10. The summed E-state index contributed by atoms with van der Waals surface area (Å²) < 4.78 is 36.4. The summed E-state index contributed by atoms with van der Waals surface area (Å²) in [5, 5.41) is 6.15. The molecule has 0 bridgehead atoms. The fourth-order valence-electron chi connectivity index (χ4n) is 11.7. The summed E-state index contributed by atoms with van der Waals surface area (Å²) in [5.41, 5.74) is 20.0. The third-order valence-electron chi connectivity index (χ3n) is 15.7. The van der Waals surface area contributed by atoms with Gasteiger partial charge in [0.2, 0.25) is 0 Å². The molecule has 0 spiro atoms. The van der Waals surface area contributed by atoms with Crippen molar-refractivity contribution in [3.63, 3.8) is 0 Å².